The van der Waals surface area contributed by atoms with E-state index in [1.54, 1.807) is 6.07 Å². The predicted molar refractivity (Wildman–Crippen MR) is 74.0 cm³/mol. The van der Waals surface area contributed by atoms with Crippen molar-refractivity contribution in [2.24, 2.45) is 11.5 Å². The van der Waals surface area contributed by atoms with Crippen LogP contribution in [0, 0.1) is 5.82 Å². The highest BCUT2D eigenvalue weighted by atomic mass is 19.1. The van der Waals surface area contributed by atoms with E-state index >= 15 is 0 Å². The van der Waals surface area contributed by atoms with Gasteiger partial charge >= 0.3 is 0 Å². The average Bonchev–Trinajstić information content (AvgIpc) is 2.88. The number of aromatic nitrogens is 2. The number of primary amides is 1. The van der Waals surface area contributed by atoms with Gasteiger partial charge in [0.25, 0.3) is 5.91 Å². The van der Waals surface area contributed by atoms with Gasteiger partial charge in [-0.05, 0) is 36.6 Å². The Labute approximate surface area is 116 Å². The monoisotopic (exact) mass is 276 g/mol. The highest BCUT2D eigenvalue weighted by Crippen LogP contribution is 2.18. The van der Waals surface area contributed by atoms with Crippen molar-refractivity contribution in [3.05, 3.63) is 47.5 Å². The number of benzene rings is 1. The third-order valence-corrected chi connectivity index (χ3v) is 3.16. The minimum absolute atomic E-state index is 0.0540. The van der Waals surface area contributed by atoms with Crippen molar-refractivity contribution in [2.75, 3.05) is 0 Å². The fraction of sp³-hybridized carbons (Fsp3) is 0.286. The van der Waals surface area contributed by atoms with Crippen molar-refractivity contribution in [2.45, 2.75) is 25.8 Å². The van der Waals surface area contributed by atoms with Crippen LogP contribution in [0.15, 0.2) is 30.6 Å². The molecule has 5 nitrogen and oxygen atoms in total. The summed E-state index contributed by atoms with van der Waals surface area (Å²) in [5, 5.41) is 4.08. The number of amides is 1. The first-order valence-corrected chi connectivity index (χ1v) is 6.40. The summed E-state index contributed by atoms with van der Waals surface area (Å²) in [5.41, 5.74) is 12.9. The summed E-state index contributed by atoms with van der Waals surface area (Å²) in [7, 11) is 0. The summed E-state index contributed by atoms with van der Waals surface area (Å²) in [5.74, 6) is -0.875. The third kappa shape index (κ3) is 3.03. The molecule has 0 aliphatic carbocycles. The Morgan fingerprint density at radius 1 is 1.50 bits per heavy atom. The van der Waals surface area contributed by atoms with Crippen LogP contribution in [-0.2, 0) is 6.42 Å². The topological polar surface area (TPSA) is 86.9 Å². The molecule has 6 heteroatoms. The van der Waals surface area contributed by atoms with Crippen LogP contribution in [0.5, 0.6) is 0 Å². The molecule has 1 unspecified atom stereocenters. The summed E-state index contributed by atoms with van der Waals surface area (Å²) in [4.78, 5) is 11.1. The van der Waals surface area contributed by atoms with Gasteiger partial charge in [0.1, 0.15) is 5.82 Å². The van der Waals surface area contributed by atoms with Gasteiger partial charge in [0.15, 0.2) is 0 Å². The molecule has 0 bridgehead atoms. The second-order valence-electron chi connectivity index (χ2n) is 4.68. The molecule has 1 atom stereocenters. The van der Waals surface area contributed by atoms with Gasteiger partial charge in [-0.1, -0.05) is 6.92 Å². The van der Waals surface area contributed by atoms with Gasteiger partial charge in [-0.3, -0.25) is 4.79 Å². The van der Waals surface area contributed by atoms with Crippen molar-refractivity contribution < 1.29 is 9.18 Å². The molecular formula is C14H17FN4O. The molecule has 1 aromatic carbocycles. The molecule has 1 aromatic heterocycles. The summed E-state index contributed by atoms with van der Waals surface area (Å²) >= 11 is 0. The number of halogens is 1. The van der Waals surface area contributed by atoms with E-state index in [1.807, 2.05) is 6.92 Å². The number of carbonyl (C=O) groups excluding carboxylic acids is 1. The van der Waals surface area contributed by atoms with Crippen LogP contribution in [0.3, 0.4) is 0 Å². The molecule has 0 aliphatic rings. The highest BCUT2D eigenvalue weighted by molar-refractivity contribution is 5.92. The maximum Gasteiger partial charge on any atom is 0.251 e. The molecule has 0 aliphatic heterocycles. The van der Waals surface area contributed by atoms with E-state index in [0.29, 0.717) is 17.7 Å². The second kappa shape index (κ2) is 5.83. The maximum absolute atomic E-state index is 13.4. The zero-order valence-electron chi connectivity index (χ0n) is 11.2. The number of nitrogens with two attached hydrogens (primary N) is 2. The Kier molecular flexibility index (Phi) is 4.14. The molecular weight excluding hydrogens is 259 g/mol. The van der Waals surface area contributed by atoms with Crippen molar-refractivity contribution in [3.63, 3.8) is 0 Å². The van der Waals surface area contributed by atoms with Crippen molar-refractivity contribution in [1.82, 2.24) is 9.78 Å². The predicted octanol–water partition coefficient (Wildman–Crippen LogP) is 1.39. The van der Waals surface area contributed by atoms with Gasteiger partial charge in [0.2, 0.25) is 0 Å². The molecule has 0 fully saturated rings. The molecule has 0 radical (unpaired) electrons. The lowest BCUT2D eigenvalue weighted by Gasteiger charge is -2.13. The molecule has 1 heterocycles. The molecule has 0 saturated heterocycles. The first-order chi connectivity index (χ1) is 9.51. The van der Waals surface area contributed by atoms with E-state index in [-0.39, 0.29) is 11.9 Å². The molecule has 0 saturated carbocycles. The van der Waals surface area contributed by atoms with Crippen molar-refractivity contribution in [1.29, 1.82) is 0 Å². The molecule has 106 valence electrons. The summed E-state index contributed by atoms with van der Waals surface area (Å²) in [6, 6.07) is 4.35. The Hall–Kier alpha value is -2.21. The van der Waals surface area contributed by atoms with Gasteiger partial charge in [-0.15, -0.1) is 0 Å². The van der Waals surface area contributed by atoms with Crippen molar-refractivity contribution >= 4 is 5.91 Å². The minimum atomic E-state index is -0.551. The van der Waals surface area contributed by atoms with E-state index in [1.165, 1.54) is 29.2 Å². The van der Waals surface area contributed by atoms with Crippen LogP contribution >= 0.6 is 0 Å². The Morgan fingerprint density at radius 3 is 2.85 bits per heavy atom. The number of carbonyl (C=O) groups is 1. The van der Waals surface area contributed by atoms with Crippen LogP contribution in [0.2, 0.25) is 0 Å². The smallest absolute Gasteiger partial charge is 0.251 e. The van der Waals surface area contributed by atoms with E-state index in [0.717, 1.165) is 12.0 Å². The quantitative estimate of drug-likeness (QED) is 0.865. The SMILES string of the molecule is CCC(N)Cc1cc(F)ccc1-n1cc(C(N)=O)cn1. The largest absolute Gasteiger partial charge is 0.366 e. The average molecular weight is 276 g/mol. The maximum atomic E-state index is 13.4. The number of hydrogen-bond acceptors (Lipinski definition) is 3. The molecule has 4 N–H and O–H groups in total. The van der Waals surface area contributed by atoms with Crippen molar-refractivity contribution in [3.8, 4) is 5.69 Å². The summed E-state index contributed by atoms with van der Waals surface area (Å²) in [6.45, 7) is 1.97. The fourth-order valence-corrected chi connectivity index (χ4v) is 1.95. The Morgan fingerprint density at radius 2 is 2.25 bits per heavy atom. The van der Waals surface area contributed by atoms with E-state index in [2.05, 4.69) is 5.10 Å². The molecule has 2 aromatic rings. The summed E-state index contributed by atoms with van der Waals surface area (Å²) in [6.07, 6.45) is 4.24. The fourth-order valence-electron chi connectivity index (χ4n) is 1.95. The van der Waals surface area contributed by atoms with Crippen LogP contribution in [0.25, 0.3) is 5.69 Å². The zero-order valence-corrected chi connectivity index (χ0v) is 11.2. The summed E-state index contributed by atoms with van der Waals surface area (Å²) < 4.78 is 14.9. The molecule has 0 spiro atoms. The van der Waals surface area contributed by atoms with E-state index in [9.17, 15) is 9.18 Å². The van der Waals surface area contributed by atoms with Crippen LogP contribution in [-0.4, -0.2) is 21.7 Å². The van der Waals surface area contributed by atoms with Crippen LogP contribution < -0.4 is 11.5 Å². The van der Waals surface area contributed by atoms with Gasteiger partial charge < -0.3 is 11.5 Å². The lowest BCUT2D eigenvalue weighted by molar-refractivity contribution is 0.100. The second-order valence-corrected chi connectivity index (χ2v) is 4.68. The Balaban J connectivity index is 2.41. The molecule has 1 amide bonds. The van der Waals surface area contributed by atoms with Gasteiger partial charge in [0.05, 0.1) is 17.4 Å². The Bertz CT molecular complexity index is 623. The zero-order chi connectivity index (χ0) is 14.7. The van der Waals surface area contributed by atoms with Crippen LogP contribution in [0.1, 0.15) is 29.3 Å². The lowest BCUT2D eigenvalue weighted by Crippen LogP contribution is -2.22. The third-order valence-electron chi connectivity index (χ3n) is 3.16. The number of rotatable bonds is 5. The highest BCUT2D eigenvalue weighted by Gasteiger charge is 2.12. The first-order valence-electron chi connectivity index (χ1n) is 6.40. The standard InChI is InChI=1S/C14H17FN4O/c1-2-12(16)6-9-5-11(15)3-4-13(9)19-8-10(7-18-19)14(17)20/h3-5,7-8,12H,2,6,16H2,1H3,(H2,17,20). The number of nitrogens with zero attached hydrogens (tertiary/aromatic N) is 2. The van der Waals surface area contributed by atoms with Crippen LogP contribution in [0.4, 0.5) is 4.39 Å². The molecule has 20 heavy (non-hydrogen) atoms. The van der Waals surface area contributed by atoms with Gasteiger partial charge in [-0.25, -0.2) is 9.07 Å². The van der Waals surface area contributed by atoms with Gasteiger partial charge in [-0.2, -0.15) is 5.10 Å². The minimum Gasteiger partial charge on any atom is -0.366 e. The van der Waals surface area contributed by atoms with E-state index in [4.69, 9.17) is 11.5 Å². The lowest BCUT2D eigenvalue weighted by atomic mass is 10.0. The van der Waals surface area contributed by atoms with E-state index < -0.39 is 5.91 Å². The molecule has 2 rings (SSSR count). The number of hydrogen-bond donors (Lipinski definition) is 2. The van der Waals surface area contributed by atoms with Gasteiger partial charge in [0, 0.05) is 12.2 Å². The first kappa shape index (κ1) is 14.2. The normalized spacial score (nSPS) is 12.3.